The Labute approximate surface area is 117 Å². The first-order valence-corrected chi connectivity index (χ1v) is 7.08. The van der Waals surface area contributed by atoms with E-state index in [4.69, 9.17) is 11.6 Å². The number of halogens is 1. The second-order valence-electron chi connectivity index (χ2n) is 5.83. The van der Waals surface area contributed by atoms with Gasteiger partial charge in [-0.05, 0) is 24.0 Å². The van der Waals surface area contributed by atoms with Crippen LogP contribution in [0.2, 0.25) is 0 Å². The summed E-state index contributed by atoms with van der Waals surface area (Å²) in [5.41, 5.74) is 2.84. The van der Waals surface area contributed by atoms with Crippen LogP contribution in [0.15, 0.2) is 18.2 Å². The smallest absolute Gasteiger partial charge is 0.111 e. The first-order valence-electron chi connectivity index (χ1n) is 6.54. The summed E-state index contributed by atoms with van der Waals surface area (Å²) in [5.74, 6) is 1.56. The summed E-state index contributed by atoms with van der Waals surface area (Å²) in [6.07, 6.45) is 1.90. The molecule has 1 aliphatic rings. The number of nitriles is 1. The van der Waals surface area contributed by atoms with Crippen molar-refractivity contribution in [2.45, 2.75) is 32.7 Å². The van der Waals surface area contributed by atoms with E-state index in [2.05, 4.69) is 35.5 Å². The van der Waals surface area contributed by atoms with Crippen molar-refractivity contribution in [1.82, 2.24) is 9.55 Å². The molecular formula is C15H16ClN3. The van der Waals surface area contributed by atoms with E-state index in [0.29, 0.717) is 22.9 Å². The summed E-state index contributed by atoms with van der Waals surface area (Å²) in [7, 11) is 0. The van der Waals surface area contributed by atoms with Crippen molar-refractivity contribution in [2.75, 3.05) is 5.88 Å². The lowest BCUT2D eigenvalue weighted by molar-refractivity contribution is 0.537. The predicted molar refractivity (Wildman–Crippen MR) is 76.3 cm³/mol. The molecule has 1 unspecified atom stereocenters. The van der Waals surface area contributed by atoms with Crippen LogP contribution in [0.3, 0.4) is 0 Å². The van der Waals surface area contributed by atoms with Crippen LogP contribution >= 0.6 is 11.6 Å². The van der Waals surface area contributed by atoms with Gasteiger partial charge < -0.3 is 4.57 Å². The number of imidazole rings is 1. The second kappa shape index (κ2) is 4.25. The molecule has 0 radical (unpaired) electrons. The summed E-state index contributed by atoms with van der Waals surface area (Å²) in [4.78, 5) is 4.66. The number of aromatic nitrogens is 2. The molecule has 0 amide bonds. The Hall–Kier alpha value is -1.53. The molecule has 19 heavy (non-hydrogen) atoms. The van der Waals surface area contributed by atoms with Gasteiger partial charge in [0.05, 0.1) is 11.1 Å². The van der Waals surface area contributed by atoms with Crippen molar-refractivity contribution in [2.24, 2.45) is 5.41 Å². The van der Waals surface area contributed by atoms with Gasteiger partial charge in [0, 0.05) is 18.3 Å². The third-order valence-corrected chi connectivity index (χ3v) is 4.19. The Morgan fingerprint density at radius 2 is 2.26 bits per heavy atom. The maximum atomic E-state index is 9.20. The number of aryl methyl sites for hydroxylation is 1. The molecular weight excluding hydrogens is 258 g/mol. The van der Waals surface area contributed by atoms with Gasteiger partial charge in [-0.15, -0.1) is 11.6 Å². The van der Waals surface area contributed by atoms with Crippen molar-refractivity contribution >= 4 is 22.6 Å². The quantitative estimate of drug-likeness (QED) is 0.801. The van der Waals surface area contributed by atoms with Crippen LogP contribution in [-0.2, 0) is 6.42 Å². The van der Waals surface area contributed by atoms with Gasteiger partial charge in [0.2, 0.25) is 0 Å². The topological polar surface area (TPSA) is 41.6 Å². The average molecular weight is 274 g/mol. The Balaban J connectivity index is 2.23. The molecule has 1 aromatic carbocycles. The standard InChI is InChI=1S/C15H16ClN3/c1-15(2)8-12(15)19-11-5-3-4-10(9-17)14(11)18-13(19)6-7-16/h3-5,12H,6-8H2,1-2H3. The van der Waals surface area contributed by atoms with E-state index in [1.165, 1.54) is 0 Å². The number of benzene rings is 1. The first kappa shape index (κ1) is 12.5. The minimum absolute atomic E-state index is 0.317. The van der Waals surface area contributed by atoms with Crippen LogP contribution in [0.4, 0.5) is 0 Å². The molecule has 98 valence electrons. The fourth-order valence-corrected chi connectivity index (χ4v) is 2.91. The SMILES string of the molecule is CC1(C)CC1n1c(CCCl)nc2c(C#N)cccc21. The molecule has 1 fully saturated rings. The molecule has 0 bridgehead atoms. The van der Waals surface area contributed by atoms with Crippen LogP contribution in [0, 0.1) is 16.7 Å². The highest BCUT2D eigenvalue weighted by atomic mass is 35.5. The van der Waals surface area contributed by atoms with Crippen LogP contribution < -0.4 is 0 Å². The number of rotatable bonds is 3. The highest BCUT2D eigenvalue weighted by Gasteiger charge is 2.48. The lowest BCUT2D eigenvalue weighted by atomic mass is 10.1. The minimum Gasteiger partial charge on any atom is -0.324 e. The summed E-state index contributed by atoms with van der Waals surface area (Å²) in [6.45, 7) is 4.53. The molecule has 4 heteroatoms. The number of nitrogens with zero attached hydrogens (tertiary/aromatic N) is 3. The molecule has 3 nitrogen and oxygen atoms in total. The lowest BCUT2D eigenvalue weighted by Gasteiger charge is -2.10. The van der Waals surface area contributed by atoms with E-state index in [1.54, 1.807) is 0 Å². The lowest BCUT2D eigenvalue weighted by Crippen LogP contribution is -2.06. The maximum Gasteiger partial charge on any atom is 0.111 e. The molecule has 1 aromatic heterocycles. The van der Waals surface area contributed by atoms with Crippen molar-refractivity contribution in [1.29, 1.82) is 5.26 Å². The van der Waals surface area contributed by atoms with Gasteiger partial charge in [0.1, 0.15) is 17.4 Å². The zero-order valence-electron chi connectivity index (χ0n) is 11.2. The van der Waals surface area contributed by atoms with Crippen LogP contribution in [0.1, 0.15) is 37.7 Å². The van der Waals surface area contributed by atoms with Gasteiger partial charge in [-0.3, -0.25) is 0 Å². The summed E-state index contributed by atoms with van der Waals surface area (Å²) >= 11 is 5.89. The molecule has 1 heterocycles. The fourth-order valence-electron chi connectivity index (χ4n) is 2.74. The molecule has 3 rings (SSSR count). The molecule has 0 aliphatic heterocycles. The number of alkyl halides is 1. The Kier molecular flexibility index (Phi) is 2.79. The normalized spacial score (nSPS) is 20.4. The number of hydrogen-bond acceptors (Lipinski definition) is 2. The minimum atomic E-state index is 0.317. The third kappa shape index (κ3) is 1.91. The van der Waals surface area contributed by atoms with E-state index in [0.717, 1.165) is 29.7 Å². The van der Waals surface area contributed by atoms with Crippen LogP contribution in [0.5, 0.6) is 0 Å². The third-order valence-electron chi connectivity index (χ3n) is 4.00. The molecule has 0 N–H and O–H groups in total. The second-order valence-corrected chi connectivity index (χ2v) is 6.21. The highest BCUT2D eigenvalue weighted by Crippen LogP contribution is 2.56. The van der Waals surface area contributed by atoms with Gasteiger partial charge >= 0.3 is 0 Å². The number of hydrogen-bond donors (Lipinski definition) is 0. The van der Waals surface area contributed by atoms with Crippen LogP contribution in [0.25, 0.3) is 11.0 Å². The monoisotopic (exact) mass is 273 g/mol. The van der Waals surface area contributed by atoms with Crippen LogP contribution in [-0.4, -0.2) is 15.4 Å². The molecule has 1 aliphatic carbocycles. The fraction of sp³-hybridized carbons (Fsp3) is 0.467. The average Bonchev–Trinajstić information content (AvgIpc) is 2.84. The van der Waals surface area contributed by atoms with Gasteiger partial charge in [-0.1, -0.05) is 19.9 Å². The van der Waals surface area contributed by atoms with E-state index >= 15 is 0 Å². The Morgan fingerprint density at radius 3 is 2.84 bits per heavy atom. The van der Waals surface area contributed by atoms with Crippen molar-refractivity contribution in [3.8, 4) is 6.07 Å². The van der Waals surface area contributed by atoms with Crippen molar-refractivity contribution < 1.29 is 0 Å². The van der Waals surface area contributed by atoms with Gasteiger partial charge in [-0.2, -0.15) is 5.26 Å². The predicted octanol–water partition coefficient (Wildman–Crippen LogP) is 3.66. The van der Waals surface area contributed by atoms with E-state index in [-0.39, 0.29) is 0 Å². The first-order chi connectivity index (χ1) is 9.08. The molecule has 0 saturated heterocycles. The maximum absolute atomic E-state index is 9.20. The van der Waals surface area contributed by atoms with Crippen molar-refractivity contribution in [3.05, 3.63) is 29.6 Å². The molecule has 1 saturated carbocycles. The largest absolute Gasteiger partial charge is 0.324 e. The number of para-hydroxylation sites is 1. The summed E-state index contributed by atoms with van der Waals surface area (Å²) in [5, 5.41) is 9.20. The molecule has 1 atom stereocenters. The Bertz CT molecular complexity index is 678. The van der Waals surface area contributed by atoms with E-state index < -0.39 is 0 Å². The van der Waals surface area contributed by atoms with Gasteiger partial charge in [0.25, 0.3) is 0 Å². The van der Waals surface area contributed by atoms with Gasteiger partial charge in [0.15, 0.2) is 0 Å². The Morgan fingerprint density at radius 1 is 1.53 bits per heavy atom. The zero-order valence-corrected chi connectivity index (χ0v) is 11.9. The highest BCUT2D eigenvalue weighted by molar-refractivity contribution is 6.17. The summed E-state index contributed by atoms with van der Waals surface area (Å²) < 4.78 is 2.29. The zero-order chi connectivity index (χ0) is 13.6. The molecule has 0 spiro atoms. The van der Waals surface area contributed by atoms with E-state index in [9.17, 15) is 5.26 Å². The molecule has 2 aromatic rings. The number of fused-ring (bicyclic) bond motifs is 1. The van der Waals surface area contributed by atoms with Crippen molar-refractivity contribution in [3.63, 3.8) is 0 Å². The van der Waals surface area contributed by atoms with E-state index in [1.807, 2.05) is 12.1 Å². The van der Waals surface area contributed by atoms with Gasteiger partial charge in [-0.25, -0.2) is 4.98 Å². The summed E-state index contributed by atoms with van der Waals surface area (Å²) in [6, 6.07) is 8.50.